The zero-order valence-electron chi connectivity index (χ0n) is 7.96. The number of rotatable bonds is 1. The van der Waals surface area contributed by atoms with Crippen molar-refractivity contribution in [3.63, 3.8) is 0 Å². The maximum absolute atomic E-state index is 3.38. The molecule has 2 nitrogen and oxygen atoms in total. The van der Waals surface area contributed by atoms with Gasteiger partial charge in [0.25, 0.3) is 0 Å². The first kappa shape index (κ1) is 8.57. The van der Waals surface area contributed by atoms with Gasteiger partial charge in [-0.05, 0) is 25.1 Å². The van der Waals surface area contributed by atoms with E-state index in [9.17, 15) is 0 Å². The molecular formula is C11H15N2. The van der Waals surface area contributed by atoms with Gasteiger partial charge in [0.05, 0.1) is 0 Å². The molecule has 1 heterocycles. The molecule has 0 amide bonds. The minimum atomic E-state index is 0.588. The summed E-state index contributed by atoms with van der Waals surface area (Å²) in [5.74, 6) is 0. The van der Waals surface area contributed by atoms with E-state index in [0.29, 0.717) is 6.04 Å². The van der Waals surface area contributed by atoms with Crippen molar-refractivity contribution in [2.75, 3.05) is 24.5 Å². The van der Waals surface area contributed by atoms with Gasteiger partial charge in [-0.3, -0.25) is 0 Å². The van der Waals surface area contributed by atoms with Crippen molar-refractivity contribution in [1.82, 2.24) is 5.32 Å². The molecule has 1 aromatic rings. The fraction of sp³-hybridized carbons (Fsp3) is 0.455. The fourth-order valence-electron chi connectivity index (χ4n) is 1.79. The van der Waals surface area contributed by atoms with Crippen LogP contribution in [0.4, 0.5) is 5.69 Å². The molecule has 0 saturated carbocycles. The van der Waals surface area contributed by atoms with Crippen LogP contribution in [0.15, 0.2) is 24.3 Å². The Hall–Kier alpha value is -1.02. The molecule has 0 bridgehead atoms. The van der Waals surface area contributed by atoms with Crippen LogP contribution in [0.5, 0.6) is 0 Å². The molecule has 2 rings (SSSR count). The number of hydrogen-bond acceptors (Lipinski definition) is 2. The largest absolute Gasteiger partial charge is 0.366 e. The Morgan fingerprint density at radius 3 is 3.23 bits per heavy atom. The van der Waals surface area contributed by atoms with Crippen molar-refractivity contribution in [1.29, 1.82) is 0 Å². The SMILES string of the molecule is CC1CNCCN1c1c[c]ccc1. The van der Waals surface area contributed by atoms with Crippen molar-refractivity contribution in [3.8, 4) is 0 Å². The van der Waals surface area contributed by atoms with Crippen LogP contribution in [-0.4, -0.2) is 25.7 Å². The molecule has 1 radical (unpaired) electrons. The third kappa shape index (κ3) is 1.83. The van der Waals surface area contributed by atoms with E-state index in [4.69, 9.17) is 0 Å². The predicted molar refractivity (Wildman–Crippen MR) is 55.0 cm³/mol. The Kier molecular flexibility index (Phi) is 2.50. The van der Waals surface area contributed by atoms with E-state index in [2.05, 4.69) is 35.3 Å². The van der Waals surface area contributed by atoms with Gasteiger partial charge in [0.15, 0.2) is 0 Å². The van der Waals surface area contributed by atoms with Crippen LogP contribution >= 0.6 is 0 Å². The highest BCUT2D eigenvalue weighted by atomic mass is 15.2. The molecule has 69 valence electrons. The topological polar surface area (TPSA) is 15.3 Å². The summed E-state index contributed by atoms with van der Waals surface area (Å²) < 4.78 is 0. The average Bonchev–Trinajstić information content (AvgIpc) is 2.20. The Labute approximate surface area is 79.6 Å². The molecule has 0 spiro atoms. The predicted octanol–water partition coefficient (Wildman–Crippen LogP) is 1.28. The van der Waals surface area contributed by atoms with E-state index in [1.807, 2.05) is 12.1 Å². The minimum Gasteiger partial charge on any atom is -0.366 e. The van der Waals surface area contributed by atoms with Crippen LogP contribution in [-0.2, 0) is 0 Å². The normalized spacial score (nSPS) is 23.2. The highest BCUT2D eigenvalue weighted by Gasteiger charge is 2.17. The summed E-state index contributed by atoms with van der Waals surface area (Å²) in [5.41, 5.74) is 1.29. The summed E-state index contributed by atoms with van der Waals surface area (Å²) in [7, 11) is 0. The summed E-state index contributed by atoms with van der Waals surface area (Å²) in [5, 5.41) is 3.38. The molecule has 1 saturated heterocycles. The van der Waals surface area contributed by atoms with Crippen LogP contribution < -0.4 is 10.2 Å². The molecule has 1 unspecified atom stereocenters. The second-order valence-electron chi connectivity index (χ2n) is 3.51. The van der Waals surface area contributed by atoms with Crippen molar-refractivity contribution in [2.45, 2.75) is 13.0 Å². The Morgan fingerprint density at radius 2 is 2.54 bits per heavy atom. The summed E-state index contributed by atoms with van der Waals surface area (Å²) in [4.78, 5) is 2.42. The van der Waals surface area contributed by atoms with Gasteiger partial charge in [-0.1, -0.05) is 12.1 Å². The second kappa shape index (κ2) is 3.79. The number of anilines is 1. The molecule has 2 heteroatoms. The van der Waals surface area contributed by atoms with Crippen LogP contribution in [0.25, 0.3) is 0 Å². The van der Waals surface area contributed by atoms with Crippen molar-refractivity contribution in [2.24, 2.45) is 0 Å². The van der Waals surface area contributed by atoms with Crippen LogP contribution in [0, 0.1) is 6.07 Å². The van der Waals surface area contributed by atoms with Crippen LogP contribution in [0.3, 0.4) is 0 Å². The fourth-order valence-corrected chi connectivity index (χ4v) is 1.79. The van der Waals surface area contributed by atoms with Crippen molar-refractivity contribution >= 4 is 5.69 Å². The standard InChI is InChI=1S/C11H15N2/c1-10-9-12-7-8-13(10)11-5-3-2-4-6-11/h2-3,5-6,10,12H,7-9H2,1H3. The first-order valence-corrected chi connectivity index (χ1v) is 4.81. The van der Waals surface area contributed by atoms with Gasteiger partial charge in [0.1, 0.15) is 0 Å². The Balaban J connectivity index is 2.15. The first-order valence-electron chi connectivity index (χ1n) is 4.81. The van der Waals surface area contributed by atoms with Gasteiger partial charge in [-0.15, -0.1) is 0 Å². The molecule has 1 aliphatic rings. The van der Waals surface area contributed by atoms with Crippen LogP contribution in [0.2, 0.25) is 0 Å². The Bertz CT molecular complexity index is 258. The highest BCUT2D eigenvalue weighted by Crippen LogP contribution is 2.16. The molecule has 1 fully saturated rings. The molecule has 1 atom stereocenters. The lowest BCUT2D eigenvalue weighted by Gasteiger charge is -2.35. The zero-order chi connectivity index (χ0) is 9.10. The Morgan fingerprint density at radius 1 is 1.62 bits per heavy atom. The third-order valence-electron chi connectivity index (χ3n) is 2.52. The van der Waals surface area contributed by atoms with Gasteiger partial charge < -0.3 is 10.2 Å². The van der Waals surface area contributed by atoms with E-state index in [1.165, 1.54) is 5.69 Å². The number of nitrogens with zero attached hydrogens (tertiary/aromatic N) is 1. The number of hydrogen-bond donors (Lipinski definition) is 1. The van der Waals surface area contributed by atoms with Gasteiger partial charge in [0, 0.05) is 31.4 Å². The lowest BCUT2D eigenvalue weighted by molar-refractivity contribution is 0.501. The van der Waals surface area contributed by atoms with E-state index in [-0.39, 0.29) is 0 Å². The zero-order valence-corrected chi connectivity index (χ0v) is 7.96. The molecular weight excluding hydrogens is 160 g/mol. The highest BCUT2D eigenvalue weighted by molar-refractivity contribution is 5.47. The number of piperazine rings is 1. The maximum Gasteiger partial charge on any atom is 0.0386 e. The van der Waals surface area contributed by atoms with Gasteiger partial charge >= 0.3 is 0 Å². The average molecular weight is 175 g/mol. The summed E-state index contributed by atoms with van der Waals surface area (Å²) >= 11 is 0. The van der Waals surface area contributed by atoms with E-state index in [1.54, 1.807) is 0 Å². The first-order chi connectivity index (χ1) is 6.38. The molecule has 1 aliphatic heterocycles. The lowest BCUT2D eigenvalue weighted by Crippen LogP contribution is -2.49. The summed E-state index contributed by atoms with van der Waals surface area (Å²) in [6.07, 6.45) is 0. The summed E-state index contributed by atoms with van der Waals surface area (Å²) in [6, 6.07) is 11.9. The number of nitrogens with one attached hydrogen (secondary N) is 1. The quantitative estimate of drug-likeness (QED) is 0.692. The lowest BCUT2D eigenvalue weighted by atomic mass is 10.2. The van der Waals surface area contributed by atoms with E-state index >= 15 is 0 Å². The van der Waals surface area contributed by atoms with Crippen molar-refractivity contribution in [3.05, 3.63) is 30.3 Å². The smallest absolute Gasteiger partial charge is 0.0386 e. The number of benzene rings is 1. The summed E-state index contributed by atoms with van der Waals surface area (Å²) in [6.45, 7) is 5.51. The van der Waals surface area contributed by atoms with Gasteiger partial charge in [-0.25, -0.2) is 0 Å². The minimum absolute atomic E-state index is 0.588. The molecule has 1 N–H and O–H groups in total. The van der Waals surface area contributed by atoms with E-state index < -0.39 is 0 Å². The third-order valence-corrected chi connectivity index (χ3v) is 2.52. The van der Waals surface area contributed by atoms with Crippen LogP contribution in [0.1, 0.15) is 6.92 Å². The second-order valence-corrected chi connectivity index (χ2v) is 3.51. The van der Waals surface area contributed by atoms with E-state index in [0.717, 1.165) is 19.6 Å². The van der Waals surface area contributed by atoms with Crippen molar-refractivity contribution < 1.29 is 0 Å². The molecule has 0 aromatic heterocycles. The molecule has 0 aliphatic carbocycles. The molecule has 13 heavy (non-hydrogen) atoms. The maximum atomic E-state index is 3.38. The van der Waals surface area contributed by atoms with Gasteiger partial charge in [-0.2, -0.15) is 0 Å². The van der Waals surface area contributed by atoms with Gasteiger partial charge in [0.2, 0.25) is 0 Å². The monoisotopic (exact) mass is 175 g/mol. The molecule has 1 aromatic carbocycles.